The van der Waals surface area contributed by atoms with Gasteiger partial charge in [0.15, 0.2) is 0 Å². The number of ether oxygens (including phenoxy) is 1. The van der Waals surface area contributed by atoms with E-state index in [9.17, 15) is 4.79 Å². The van der Waals surface area contributed by atoms with E-state index in [1.54, 1.807) is 24.5 Å². The number of anilines is 1. The van der Waals surface area contributed by atoms with Crippen molar-refractivity contribution in [2.75, 3.05) is 24.6 Å². The van der Waals surface area contributed by atoms with Crippen molar-refractivity contribution in [3.63, 3.8) is 0 Å². The maximum Gasteiger partial charge on any atom is 0.257 e. The van der Waals surface area contributed by atoms with Crippen molar-refractivity contribution < 1.29 is 9.53 Å². The lowest BCUT2D eigenvalue weighted by Gasteiger charge is -2.17. The summed E-state index contributed by atoms with van der Waals surface area (Å²) in [5, 5.41) is 2.93. The van der Waals surface area contributed by atoms with Gasteiger partial charge in [-0.25, -0.2) is 9.97 Å². The Morgan fingerprint density at radius 1 is 1.25 bits per heavy atom. The summed E-state index contributed by atoms with van der Waals surface area (Å²) in [6, 6.07) is 7.41. The molecule has 0 atom stereocenters. The van der Waals surface area contributed by atoms with E-state index in [-0.39, 0.29) is 5.91 Å². The number of nitrogens with zero attached hydrogens (tertiary/aromatic N) is 3. The molecule has 0 spiro atoms. The second-order valence-corrected chi connectivity index (χ2v) is 5.69. The number of aromatic nitrogens is 2. The molecule has 126 valence electrons. The van der Waals surface area contributed by atoms with Crippen molar-refractivity contribution in [3.8, 4) is 5.88 Å². The summed E-state index contributed by atoms with van der Waals surface area (Å²) < 4.78 is 5.41. The van der Waals surface area contributed by atoms with Gasteiger partial charge in [0, 0.05) is 32.0 Å². The van der Waals surface area contributed by atoms with Gasteiger partial charge in [-0.3, -0.25) is 4.79 Å². The molecule has 2 aromatic heterocycles. The van der Waals surface area contributed by atoms with Crippen LogP contribution in [0, 0.1) is 0 Å². The van der Waals surface area contributed by atoms with Gasteiger partial charge in [0.05, 0.1) is 6.61 Å². The van der Waals surface area contributed by atoms with Crippen LogP contribution < -0.4 is 15.0 Å². The maximum atomic E-state index is 12.4. The van der Waals surface area contributed by atoms with Crippen molar-refractivity contribution in [2.24, 2.45) is 0 Å². The Morgan fingerprint density at radius 3 is 2.88 bits per heavy atom. The van der Waals surface area contributed by atoms with E-state index in [4.69, 9.17) is 4.74 Å². The fourth-order valence-electron chi connectivity index (χ4n) is 2.78. The minimum Gasteiger partial charge on any atom is -0.477 e. The predicted molar refractivity (Wildman–Crippen MR) is 92.3 cm³/mol. The normalized spacial score (nSPS) is 13.8. The summed E-state index contributed by atoms with van der Waals surface area (Å²) in [6.45, 7) is 4.89. The molecule has 3 heterocycles. The summed E-state index contributed by atoms with van der Waals surface area (Å²) in [4.78, 5) is 23.2. The van der Waals surface area contributed by atoms with Crippen LogP contribution in [-0.4, -0.2) is 35.6 Å². The highest BCUT2D eigenvalue weighted by Gasteiger charge is 2.15. The molecule has 1 amide bonds. The number of carbonyl (C=O) groups is 1. The molecule has 0 aliphatic carbocycles. The zero-order valence-corrected chi connectivity index (χ0v) is 13.9. The lowest BCUT2D eigenvalue weighted by molar-refractivity contribution is 0.0946. The standard InChI is InChI=1S/C18H22N4O2/c1-2-24-18-15(6-5-8-20-18)17(23)21-13-14-7-9-19-16(12-14)22-10-3-4-11-22/h5-9,12H,2-4,10-11,13H2,1H3,(H,21,23). The van der Waals surface area contributed by atoms with Crippen LogP contribution in [0.3, 0.4) is 0 Å². The SMILES string of the molecule is CCOc1ncccc1C(=O)NCc1ccnc(N2CCCC2)c1. The topological polar surface area (TPSA) is 67.3 Å². The van der Waals surface area contributed by atoms with Crippen LogP contribution in [0.25, 0.3) is 0 Å². The van der Waals surface area contributed by atoms with E-state index < -0.39 is 0 Å². The Labute approximate surface area is 141 Å². The smallest absolute Gasteiger partial charge is 0.257 e. The number of hydrogen-bond donors (Lipinski definition) is 1. The van der Waals surface area contributed by atoms with E-state index in [0.717, 1.165) is 24.5 Å². The van der Waals surface area contributed by atoms with Gasteiger partial charge in [-0.15, -0.1) is 0 Å². The first-order chi connectivity index (χ1) is 11.8. The molecule has 1 aliphatic rings. The van der Waals surface area contributed by atoms with Crippen LogP contribution in [0.1, 0.15) is 35.7 Å². The van der Waals surface area contributed by atoms with Gasteiger partial charge in [0.2, 0.25) is 5.88 Å². The van der Waals surface area contributed by atoms with Gasteiger partial charge >= 0.3 is 0 Å². The number of nitrogens with one attached hydrogen (secondary N) is 1. The quantitative estimate of drug-likeness (QED) is 0.883. The average Bonchev–Trinajstić information content (AvgIpc) is 3.15. The second-order valence-electron chi connectivity index (χ2n) is 5.69. The molecule has 1 aliphatic heterocycles. The number of hydrogen-bond acceptors (Lipinski definition) is 5. The van der Waals surface area contributed by atoms with Crippen molar-refractivity contribution in [3.05, 3.63) is 47.8 Å². The van der Waals surface area contributed by atoms with E-state index >= 15 is 0 Å². The first kappa shape index (κ1) is 16.2. The van der Waals surface area contributed by atoms with Gasteiger partial charge in [-0.05, 0) is 49.6 Å². The second kappa shape index (κ2) is 7.77. The molecular weight excluding hydrogens is 304 g/mol. The van der Waals surface area contributed by atoms with Crippen molar-refractivity contribution in [2.45, 2.75) is 26.3 Å². The third-order valence-electron chi connectivity index (χ3n) is 3.99. The summed E-state index contributed by atoms with van der Waals surface area (Å²) >= 11 is 0. The average molecular weight is 326 g/mol. The number of rotatable bonds is 6. The molecule has 0 unspecified atom stereocenters. The molecule has 0 saturated carbocycles. The van der Waals surface area contributed by atoms with Gasteiger partial charge in [0.1, 0.15) is 11.4 Å². The zero-order chi connectivity index (χ0) is 16.8. The molecule has 2 aromatic rings. The first-order valence-corrected chi connectivity index (χ1v) is 8.34. The Hall–Kier alpha value is -2.63. The minimum atomic E-state index is -0.189. The zero-order valence-electron chi connectivity index (χ0n) is 13.9. The Morgan fingerprint density at radius 2 is 2.08 bits per heavy atom. The number of carbonyl (C=O) groups excluding carboxylic acids is 1. The maximum absolute atomic E-state index is 12.4. The highest BCUT2D eigenvalue weighted by molar-refractivity contribution is 5.96. The molecule has 6 nitrogen and oxygen atoms in total. The van der Waals surface area contributed by atoms with Gasteiger partial charge in [-0.2, -0.15) is 0 Å². The van der Waals surface area contributed by atoms with Crippen molar-refractivity contribution in [1.82, 2.24) is 15.3 Å². The van der Waals surface area contributed by atoms with Crippen LogP contribution in [0.2, 0.25) is 0 Å². The number of pyridine rings is 2. The lowest BCUT2D eigenvalue weighted by Crippen LogP contribution is -2.24. The molecule has 1 N–H and O–H groups in total. The van der Waals surface area contributed by atoms with Crippen molar-refractivity contribution >= 4 is 11.7 Å². The van der Waals surface area contributed by atoms with E-state index in [1.807, 2.05) is 19.1 Å². The van der Waals surface area contributed by atoms with Crippen LogP contribution >= 0.6 is 0 Å². The third kappa shape index (κ3) is 3.82. The molecule has 24 heavy (non-hydrogen) atoms. The van der Waals surface area contributed by atoms with E-state index in [2.05, 4.69) is 20.2 Å². The molecule has 1 saturated heterocycles. The summed E-state index contributed by atoms with van der Waals surface area (Å²) in [6.07, 6.45) is 5.84. The third-order valence-corrected chi connectivity index (χ3v) is 3.99. The highest BCUT2D eigenvalue weighted by atomic mass is 16.5. The minimum absolute atomic E-state index is 0.189. The highest BCUT2D eigenvalue weighted by Crippen LogP contribution is 2.19. The fraction of sp³-hybridized carbons (Fsp3) is 0.389. The molecular formula is C18H22N4O2. The van der Waals surface area contributed by atoms with Gasteiger partial charge in [0.25, 0.3) is 5.91 Å². The Kier molecular flexibility index (Phi) is 5.25. The molecule has 3 rings (SSSR count). The first-order valence-electron chi connectivity index (χ1n) is 8.34. The molecule has 0 aromatic carbocycles. The molecule has 0 bridgehead atoms. The molecule has 6 heteroatoms. The largest absolute Gasteiger partial charge is 0.477 e. The Balaban J connectivity index is 1.65. The van der Waals surface area contributed by atoms with Crippen LogP contribution in [0.5, 0.6) is 5.88 Å². The van der Waals surface area contributed by atoms with Crippen molar-refractivity contribution in [1.29, 1.82) is 0 Å². The summed E-state index contributed by atoms with van der Waals surface area (Å²) in [5.74, 6) is 1.16. The van der Waals surface area contributed by atoms with Gasteiger partial charge in [-0.1, -0.05) is 0 Å². The summed E-state index contributed by atoms with van der Waals surface area (Å²) in [7, 11) is 0. The fourth-order valence-corrected chi connectivity index (χ4v) is 2.78. The van der Waals surface area contributed by atoms with Crippen LogP contribution in [0.15, 0.2) is 36.7 Å². The van der Waals surface area contributed by atoms with Crippen LogP contribution in [0.4, 0.5) is 5.82 Å². The predicted octanol–water partition coefficient (Wildman–Crippen LogP) is 2.41. The monoisotopic (exact) mass is 326 g/mol. The lowest BCUT2D eigenvalue weighted by atomic mass is 10.2. The van der Waals surface area contributed by atoms with E-state index in [0.29, 0.717) is 24.6 Å². The number of amides is 1. The molecule has 0 radical (unpaired) electrons. The van der Waals surface area contributed by atoms with Gasteiger partial charge < -0.3 is 15.0 Å². The molecule has 1 fully saturated rings. The Bertz CT molecular complexity index is 699. The van der Waals surface area contributed by atoms with E-state index in [1.165, 1.54) is 12.8 Å². The summed E-state index contributed by atoms with van der Waals surface area (Å²) in [5.41, 5.74) is 1.48. The van der Waals surface area contributed by atoms with Crippen LogP contribution in [-0.2, 0) is 6.54 Å².